The van der Waals surface area contributed by atoms with Crippen molar-refractivity contribution in [3.63, 3.8) is 0 Å². The largest absolute Gasteiger partial charge is 0.282 e. The minimum absolute atomic E-state index is 0.0193. The van der Waals surface area contributed by atoms with Gasteiger partial charge in [0.2, 0.25) is 0 Å². The first-order valence-corrected chi connectivity index (χ1v) is 7.84. The van der Waals surface area contributed by atoms with Gasteiger partial charge in [-0.2, -0.15) is 5.26 Å². The molecule has 1 unspecified atom stereocenters. The summed E-state index contributed by atoms with van der Waals surface area (Å²) >= 11 is 1.79. The van der Waals surface area contributed by atoms with Crippen molar-refractivity contribution in [2.75, 3.05) is 6.54 Å². The minimum Gasteiger partial charge on any atom is -0.282 e. The first kappa shape index (κ1) is 14.5. The molecule has 19 heavy (non-hydrogen) atoms. The third kappa shape index (κ3) is 3.16. The van der Waals surface area contributed by atoms with E-state index in [0.29, 0.717) is 5.92 Å². The maximum absolute atomic E-state index is 9.46. The van der Waals surface area contributed by atoms with Gasteiger partial charge in [-0.3, -0.25) is 4.90 Å². The minimum atomic E-state index is 0.0193. The summed E-state index contributed by atoms with van der Waals surface area (Å²) in [6, 6.07) is 2.52. The molecular formula is C15H23N3S. The molecule has 1 aromatic heterocycles. The molecule has 0 radical (unpaired) electrons. The summed E-state index contributed by atoms with van der Waals surface area (Å²) in [5, 5.41) is 10.7. The average molecular weight is 277 g/mol. The summed E-state index contributed by atoms with van der Waals surface area (Å²) in [4.78, 5) is 8.08. The molecule has 2 heterocycles. The number of nitriles is 1. The van der Waals surface area contributed by atoms with Crippen LogP contribution in [0.25, 0.3) is 0 Å². The van der Waals surface area contributed by atoms with Gasteiger partial charge in [0.1, 0.15) is 6.04 Å². The second kappa shape index (κ2) is 5.60. The van der Waals surface area contributed by atoms with Crippen molar-refractivity contribution in [2.24, 2.45) is 5.41 Å². The summed E-state index contributed by atoms with van der Waals surface area (Å²) < 4.78 is 0. The summed E-state index contributed by atoms with van der Waals surface area (Å²) in [7, 11) is 0. The van der Waals surface area contributed by atoms with Crippen LogP contribution in [0.15, 0.2) is 6.20 Å². The van der Waals surface area contributed by atoms with Crippen LogP contribution in [0, 0.1) is 16.7 Å². The van der Waals surface area contributed by atoms with Gasteiger partial charge in [-0.15, -0.1) is 11.3 Å². The maximum atomic E-state index is 9.46. The molecule has 2 rings (SSSR count). The topological polar surface area (TPSA) is 39.9 Å². The molecule has 3 nitrogen and oxygen atoms in total. The number of hydrogen-bond donors (Lipinski definition) is 0. The molecule has 104 valence electrons. The van der Waals surface area contributed by atoms with Crippen molar-refractivity contribution in [3.8, 4) is 6.07 Å². The molecule has 0 spiro atoms. The van der Waals surface area contributed by atoms with Gasteiger partial charge in [0, 0.05) is 23.5 Å². The Balaban J connectivity index is 2.10. The monoisotopic (exact) mass is 277 g/mol. The maximum Gasteiger partial charge on any atom is 0.103 e. The first-order chi connectivity index (χ1) is 8.94. The third-order valence-corrected chi connectivity index (χ3v) is 5.20. The molecule has 4 heteroatoms. The van der Waals surface area contributed by atoms with Crippen LogP contribution in [0.5, 0.6) is 0 Å². The molecule has 0 aromatic carbocycles. The second-order valence-corrected chi connectivity index (χ2v) is 7.56. The standard InChI is InChI=1S/C15H23N3S/c1-11(2)14-17-9-12(19-14)10-18-7-5-6-15(3,4)13(18)8-16/h9,11,13H,5-7,10H2,1-4H3. The fourth-order valence-corrected chi connectivity index (χ4v) is 3.73. The SMILES string of the molecule is CC(C)c1ncc(CN2CCCC(C)(C)C2C#N)s1. The Morgan fingerprint density at radius 3 is 2.89 bits per heavy atom. The molecule has 0 amide bonds. The molecule has 1 aromatic rings. The van der Waals surface area contributed by atoms with Crippen LogP contribution in [0.2, 0.25) is 0 Å². The number of hydrogen-bond acceptors (Lipinski definition) is 4. The zero-order valence-electron chi connectivity index (χ0n) is 12.3. The van der Waals surface area contributed by atoms with E-state index in [1.54, 1.807) is 11.3 Å². The van der Waals surface area contributed by atoms with Crippen LogP contribution in [-0.2, 0) is 6.54 Å². The van der Waals surface area contributed by atoms with Crippen LogP contribution in [0.4, 0.5) is 0 Å². The Kier molecular flexibility index (Phi) is 4.27. The molecule has 1 fully saturated rings. The van der Waals surface area contributed by atoms with Gasteiger partial charge in [0.15, 0.2) is 0 Å². The van der Waals surface area contributed by atoms with Crippen LogP contribution in [0.1, 0.15) is 56.3 Å². The van der Waals surface area contributed by atoms with Gasteiger partial charge in [0.05, 0.1) is 11.1 Å². The predicted octanol–water partition coefficient (Wildman–Crippen LogP) is 3.78. The summed E-state index contributed by atoms with van der Waals surface area (Å²) in [6.45, 7) is 10.6. The quantitative estimate of drug-likeness (QED) is 0.844. The van der Waals surface area contributed by atoms with E-state index in [2.05, 4.69) is 43.6 Å². The van der Waals surface area contributed by atoms with Crippen molar-refractivity contribution < 1.29 is 0 Å². The van der Waals surface area contributed by atoms with Crippen LogP contribution >= 0.6 is 11.3 Å². The molecule has 1 aliphatic heterocycles. The number of rotatable bonds is 3. The Hall–Kier alpha value is -0.920. The summed E-state index contributed by atoms with van der Waals surface area (Å²) in [6.07, 6.45) is 4.30. The molecule has 0 N–H and O–H groups in total. The normalized spacial score (nSPS) is 23.5. The Bertz CT molecular complexity index is 470. The van der Waals surface area contributed by atoms with Gasteiger partial charge >= 0.3 is 0 Å². The molecule has 1 saturated heterocycles. The second-order valence-electron chi connectivity index (χ2n) is 6.41. The van der Waals surface area contributed by atoms with E-state index < -0.39 is 0 Å². The highest BCUT2D eigenvalue weighted by Crippen LogP contribution is 2.36. The predicted molar refractivity (Wildman–Crippen MR) is 79.0 cm³/mol. The Morgan fingerprint density at radius 2 is 2.32 bits per heavy atom. The zero-order valence-corrected chi connectivity index (χ0v) is 13.1. The van der Waals surface area contributed by atoms with E-state index in [1.165, 1.54) is 16.3 Å². The highest BCUT2D eigenvalue weighted by Gasteiger charge is 2.37. The van der Waals surface area contributed by atoms with Crippen molar-refractivity contribution in [2.45, 2.75) is 59.0 Å². The molecule has 0 bridgehead atoms. The number of likely N-dealkylation sites (tertiary alicyclic amines) is 1. The Morgan fingerprint density at radius 1 is 1.58 bits per heavy atom. The number of aromatic nitrogens is 1. The van der Waals surface area contributed by atoms with Crippen LogP contribution < -0.4 is 0 Å². The first-order valence-electron chi connectivity index (χ1n) is 7.02. The molecule has 1 atom stereocenters. The van der Waals surface area contributed by atoms with Crippen LogP contribution in [0.3, 0.4) is 0 Å². The lowest BCUT2D eigenvalue weighted by Crippen LogP contribution is -2.48. The molecule has 0 aliphatic carbocycles. The van der Waals surface area contributed by atoms with Gasteiger partial charge < -0.3 is 0 Å². The summed E-state index contributed by atoms with van der Waals surface area (Å²) in [5.74, 6) is 0.489. The van der Waals surface area contributed by atoms with E-state index in [0.717, 1.165) is 19.5 Å². The Labute approximate surface area is 120 Å². The third-order valence-electron chi connectivity index (χ3n) is 3.92. The van der Waals surface area contributed by atoms with E-state index in [1.807, 2.05) is 6.20 Å². The van der Waals surface area contributed by atoms with Crippen molar-refractivity contribution in [1.29, 1.82) is 5.26 Å². The molecular weight excluding hydrogens is 254 g/mol. The highest BCUT2D eigenvalue weighted by molar-refractivity contribution is 7.11. The average Bonchev–Trinajstić information content (AvgIpc) is 2.77. The van der Waals surface area contributed by atoms with Gasteiger partial charge in [-0.25, -0.2) is 4.98 Å². The van der Waals surface area contributed by atoms with Gasteiger partial charge in [0.25, 0.3) is 0 Å². The van der Waals surface area contributed by atoms with Gasteiger partial charge in [-0.05, 0) is 24.8 Å². The number of thiazole rings is 1. The fourth-order valence-electron chi connectivity index (χ4n) is 2.79. The van der Waals surface area contributed by atoms with Crippen molar-refractivity contribution in [3.05, 3.63) is 16.1 Å². The summed E-state index contributed by atoms with van der Waals surface area (Å²) in [5.41, 5.74) is 0.0958. The lowest BCUT2D eigenvalue weighted by Gasteiger charge is -2.42. The van der Waals surface area contributed by atoms with Gasteiger partial charge in [-0.1, -0.05) is 27.7 Å². The highest BCUT2D eigenvalue weighted by atomic mass is 32.1. The lowest BCUT2D eigenvalue weighted by atomic mass is 9.77. The van der Waals surface area contributed by atoms with E-state index in [9.17, 15) is 5.26 Å². The van der Waals surface area contributed by atoms with Crippen molar-refractivity contribution in [1.82, 2.24) is 9.88 Å². The lowest BCUT2D eigenvalue weighted by molar-refractivity contribution is 0.0670. The van der Waals surface area contributed by atoms with E-state index in [4.69, 9.17) is 0 Å². The zero-order chi connectivity index (χ0) is 14.0. The number of nitrogens with zero attached hydrogens (tertiary/aromatic N) is 3. The van der Waals surface area contributed by atoms with Crippen LogP contribution in [-0.4, -0.2) is 22.5 Å². The fraction of sp³-hybridized carbons (Fsp3) is 0.733. The number of piperidine rings is 1. The van der Waals surface area contributed by atoms with E-state index in [-0.39, 0.29) is 11.5 Å². The smallest absolute Gasteiger partial charge is 0.103 e. The van der Waals surface area contributed by atoms with Crippen molar-refractivity contribution >= 4 is 11.3 Å². The van der Waals surface area contributed by atoms with E-state index >= 15 is 0 Å². The molecule has 0 saturated carbocycles. The molecule has 1 aliphatic rings.